The Balaban J connectivity index is 1.79. The Morgan fingerprint density at radius 2 is 1.71 bits per heavy atom. The predicted octanol–water partition coefficient (Wildman–Crippen LogP) is 1.93. The van der Waals surface area contributed by atoms with Crippen LogP contribution >= 0.6 is 0 Å². The van der Waals surface area contributed by atoms with Crippen molar-refractivity contribution in [2.24, 2.45) is 16.7 Å². The summed E-state index contributed by atoms with van der Waals surface area (Å²) in [6, 6.07) is 0.351. The molecule has 0 spiro atoms. The molecule has 0 atom stereocenters. The Labute approximate surface area is 105 Å². The van der Waals surface area contributed by atoms with Crippen LogP contribution in [-0.2, 0) is 4.79 Å². The van der Waals surface area contributed by atoms with Crippen molar-refractivity contribution in [3.05, 3.63) is 0 Å². The second-order valence-electron chi connectivity index (χ2n) is 6.84. The topological polar surface area (TPSA) is 41.1 Å². The molecule has 1 heterocycles. The fraction of sp³-hybridized carbons (Fsp3) is 0.929. The highest BCUT2D eigenvalue weighted by molar-refractivity contribution is 5.77. The van der Waals surface area contributed by atoms with Gasteiger partial charge in [-0.1, -0.05) is 27.7 Å². The van der Waals surface area contributed by atoms with Gasteiger partial charge in [-0.25, -0.2) is 0 Å². The number of hydrogen-bond acceptors (Lipinski definition) is 2. The molecule has 17 heavy (non-hydrogen) atoms. The second-order valence-corrected chi connectivity index (χ2v) is 6.84. The van der Waals surface area contributed by atoms with Crippen LogP contribution in [-0.4, -0.2) is 25.0 Å². The molecule has 3 nitrogen and oxygen atoms in total. The summed E-state index contributed by atoms with van der Waals surface area (Å²) in [6.07, 6.45) is 3.00. The van der Waals surface area contributed by atoms with Crippen LogP contribution in [0.2, 0.25) is 0 Å². The van der Waals surface area contributed by atoms with Crippen LogP contribution in [0.1, 0.15) is 47.0 Å². The van der Waals surface area contributed by atoms with Gasteiger partial charge in [-0.3, -0.25) is 4.79 Å². The number of carbonyl (C=O) groups is 1. The summed E-state index contributed by atoms with van der Waals surface area (Å²) in [4.78, 5) is 12.0. The Kier molecular flexibility index (Phi) is 3.23. The summed E-state index contributed by atoms with van der Waals surface area (Å²) in [5.41, 5.74) is 0.494. The highest BCUT2D eigenvalue weighted by Crippen LogP contribution is 2.62. The zero-order valence-corrected chi connectivity index (χ0v) is 11.6. The molecular formula is C14H26N2O. The molecule has 0 radical (unpaired) electrons. The van der Waals surface area contributed by atoms with Crippen LogP contribution in [0.25, 0.3) is 0 Å². The largest absolute Gasteiger partial charge is 0.352 e. The van der Waals surface area contributed by atoms with Gasteiger partial charge in [0.05, 0.1) is 0 Å². The maximum Gasteiger partial charge on any atom is 0.220 e. The van der Waals surface area contributed by atoms with Gasteiger partial charge in [0.25, 0.3) is 0 Å². The zero-order chi connectivity index (χ0) is 12.7. The highest BCUT2D eigenvalue weighted by atomic mass is 16.1. The number of carbonyl (C=O) groups excluding carboxylic acids is 1. The van der Waals surface area contributed by atoms with Gasteiger partial charge in [0.2, 0.25) is 5.91 Å². The third kappa shape index (κ3) is 2.35. The van der Waals surface area contributed by atoms with Crippen molar-refractivity contribution < 1.29 is 4.79 Å². The van der Waals surface area contributed by atoms with Gasteiger partial charge in [-0.05, 0) is 42.7 Å². The van der Waals surface area contributed by atoms with Crippen LogP contribution in [0.4, 0.5) is 0 Å². The summed E-state index contributed by atoms with van der Waals surface area (Å²) in [5, 5.41) is 6.56. The third-order valence-electron chi connectivity index (χ3n) is 5.26. The fourth-order valence-electron chi connectivity index (χ4n) is 3.13. The van der Waals surface area contributed by atoms with E-state index in [4.69, 9.17) is 0 Å². The van der Waals surface area contributed by atoms with Crippen molar-refractivity contribution in [1.82, 2.24) is 10.6 Å². The van der Waals surface area contributed by atoms with Crippen molar-refractivity contribution in [1.29, 1.82) is 0 Å². The number of rotatable bonds is 3. The summed E-state index contributed by atoms with van der Waals surface area (Å²) in [6.45, 7) is 11.1. The average Bonchev–Trinajstić information content (AvgIpc) is 2.62. The summed E-state index contributed by atoms with van der Waals surface area (Å²) >= 11 is 0. The van der Waals surface area contributed by atoms with Crippen LogP contribution in [0.3, 0.4) is 0 Å². The summed E-state index contributed by atoms with van der Waals surface area (Å²) in [5.74, 6) is 0.835. The van der Waals surface area contributed by atoms with Crippen LogP contribution in [0.5, 0.6) is 0 Å². The van der Waals surface area contributed by atoms with Crippen molar-refractivity contribution in [3.8, 4) is 0 Å². The van der Waals surface area contributed by atoms with Crippen molar-refractivity contribution in [2.45, 2.75) is 53.0 Å². The molecule has 1 aliphatic carbocycles. The van der Waals surface area contributed by atoms with E-state index in [1.54, 1.807) is 0 Å². The number of piperidine rings is 1. The molecule has 1 saturated carbocycles. The highest BCUT2D eigenvalue weighted by Gasteiger charge is 2.65. The standard InChI is InChI=1S/C14H26N2O/c1-13(2)12(14(13,3)4)16-11(17)9-10-5-7-15-8-6-10/h10,12,15H,5-9H2,1-4H3,(H,16,17). The van der Waals surface area contributed by atoms with E-state index in [1.165, 1.54) is 0 Å². The fourth-order valence-corrected chi connectivity index (χ4v) is 3.13. The van der Waals surface area contributed by atoms with Crippen molar-refractivity contribution >= 4 is 5.91 Å². The van der Waals surface area contributed by atoms with Gasteiger partial charge >= 0.3 is 0 Å². The Morgan fingerprint density at radius 3 is 2.18 bits per heavy atom. The zero-order valence-electron chi connectivity index (χ0n) is 11.6. The van der Waals surface area contributed by atoms with E-state index < -0.39 is 0 Å². The van der Waals surface area contributed by atoms with Crippen molar-refractivity contribution in [2.75, 3.05) is 13.1 Å². The molecule has 0 aromatic carbocycles. The molecule has 0 aromatic heterocycles. The van der Waals surface area contributed by atoms with Crippen molar-refractivity contribution in [3.63, 3.8) is 0 Å². The quantitative estimate of drug-likeness (QED) is 0.789. The maximum absolute atomic E-state index is 12.0. The Hall–Kier alpha value is -0.570. The van der Waals surface area contributed by atoms with Gasteiger partial charge in [0.15, 0.2) is 0 Å². The molecular weight excluding hydrogens is 212 g/mol. The Bertz CT molecular complexity index is 289. The SMILES string of the molecule is CC1(C)C(NC(=O)CC2CCNCC2)C1(C)C. The van der Waals surface area contributed by atoms with E-state index in [0.29, 0.717) is 18.4 Å². The van der Waals surface area contributed by atoms with Gasteiger partial charge in [-0.2, -0.15) is 0 Å². The normalized spacial score (nSPS) is 27.8. The predicted molar refractivity (Wildman–Crippen MR) is 69.7 cm³/mol. The first kappa shape index (κ1) is 12.9. The Morgan fingerprint density at radius 1 is 1.18 bits per heavy atom. The van der Waals surface area contributed by atoms with Crippen LogP contribution < -0.4 is 10.6 Å². The molecule has 2 rings (SSSR count). The van der Waals surface area contributed by atoms with E-state index in [0.717, 1.165) is 25.9 Å². The van der Waals surface area contributed by atoms with Gasteiger partial charge in [0.1, 0.15) is 0 Å². The minimum atomic E-state index is 0.247. The van der Waals surface area contributed by atoms with E-state index in [9.17, 15) is 4.79 Å². The number of nitrogens with one attached hydrogen (secondary N) is 2. The minimum absolute atomic E-state index is 0.247. The lowest BCUT2D eigenvalue weighted by Gasteiger charge is -2.22. The van der Waals surface area contributed by atoms with E-state index >= 15 is 0 Å². The lowest BCUT2D eigenvalue weighted by Crippen LogP contribution is -2.34. The second kappa shape index (κ2) is 4.27. The lowest BCUT2D eigenvalue weighted by molar-refractivity contribution is -0.122. The van der Waals surface area contributed by atoms with E-state index in [1.807, 2.05) is 0 Å². The third-order valence-corrected chi connectivity index (χ3v) is 5.26. The first-order valence-corrected chi connectivity index (χ1v) is 6.86. The number of amides is 1. The number of hydrogen-bond donors (Lipinski definition) is 2. The first-order chi connectivity index (χ1) is 7.85. The molecule has 0 unspecified atom stereocenters. The molecule has 98 valence electrons. The molecule has 2 fully saturated rings. The minimum Gasteiger partial charge on any atom is -0.352 e. The molecule has 3 heteroatoms. The van der Waals surface area contributed by atoms with Gasteiger partial charge in [-0.15, -0.1) is 0 Å². The van der Waals surface area contributed by atoms with Gasteiger partial charge in [0, 0.05) is 12.5 Å². The first-order valence-electron chi connectivity index (χ1n) is 6.86. The molecule has 0 bridgehead atoms. The monoisotopic (exact) mass is 238 g/mol. The summed E-state index contributed by atoms with van der Waals surface area (Å²) in [7, 11) is 0. The average molecular weight is 238 g/mol. The molecule has 1 saturated heterocycles. The lowest BCUT2D eigenvalue weighted by atomic mass is 9.94. The smallest absolute Gasteiger partial charge is 0.220 e. The van der Waals surface area contributed by atoms with Crippen LogP contribution in [0, 0.1) is 16.7 Å². The molecule has 1 aliphatic heterocycles. The van der Waals surface area contributed by atoms with E-state index in [2.05, 4.69) is 38.3 Å². The van der Waals surface area contributed by atoms with Gasteiger partial charge < -0.3 is 10.6 Å². The molecule has 2 N–H and O–H groups in total. The maximum atomic E-state index is 12.0. The molecule has 0 aromatic rings. The molecule has 2 aliphatic rings. The van der Waals surface area contributed by atoms with E-state index in [-0.39, 0.29) is 16.7 Å². The van der Waals surface area contributed by atoms with Crippen LogP contribution in [0.15, 0.2) is 0 Å². The summed E-state index contributed by atoms with van der Waals surface area (Å²) < 4.78 is 0. The molecule has 1 amide bonds.